The molecule has 2 N–H and O–H groups in total. The van der Waals surface area contributed by atoms with E-state index < -0.39 is 25.1 Å². The van der Waals surface area contributed by atoms with Crippen LogP contribution in [-0.4, -0.2) is 40.9 Å². The van der Waals surface area contributed by atoms with E-state index in [1.165, 1.54) is 18.3 Å². The molecule has 0 radical (unpaired) electrons. The second kappa shape index (κ2) is 11.0. The van der Waals surface area contributed by atoms with Gasteiger partial charge in [0.1, 0.15) is 24.1 Å². The second-order valence-electron chi connectivity index (χ2n) is 9.26. The number of ether oxygens (including phenoxy) is 1. The third-order valence-electron chi connectivity index (χ3n) is 6.45. The van der Waals surface area contributed by atoms with Crippen molar-refractivity contribution in [2.45, 2.75) is 70.6 Å². The lowest BCUT2D eigenvalue weighted by molar-refractivity contribution is -0.157. The molecule has 11 heteroatoms. The summed E-state index contributed by atoms with van der Waals surface area (Å²) in [4.78, 5) is 4.51. The summed E-state index contributed by atoms with van der Waals surface area (Å²) in [7, 11) is 0. The van der Waals surface area contributed by atoms with Gasteiger partial charge in [0.25, 0.3) is 0 Å². The van der Waals surface area contributed by atoms with Crippen LogP contribution >= 0.6 is 0 Å². The molecule has 4 rings (SSSR count). The number of aromatic nitrogens is 1. The van der Waals surface area contributed by atoms with E-state index in [2.05, 4.69) is 21.1 Å². The summed E-state index contributed by atoms with van der Waals surface area (Å²) in [6.07, 6.45) is 2.40. The van der Waals surface area contributed by atoms with Crippen LogP contribution in [0.3, 0.4) is 0 Å². The van der Waals surface area contributed by atoms with Crippen molar-refractivity contribution in [1.29, 1.82) is 5.26 Å². The molecular weight excluding hydrogens is 495 g/mol. The van der Waals surface area contributed by atoms with Gasteiger partial charge in [-0.3, -0.25) is 10.3 Å². The lowest BCUT2D eigenvalue weighted by Gasteiger charge is -2.22. The molecule has 198 valence electrons. The van der Waals surface area contributed by atoms with Crippen molar-refractivity contribution in [3.8, 4) is 11.8 Å². The molecule has 0 spiro atoms. The Balaban J connectivity index is 1.76. The molecule has 0 amide bonds. The van der Waals surface area contributed by atoms with Gasteiger partial charge < -0.3 is 14.4 Å². The van der Waals surface area contributed by atoms with Crippen molar-refractivity contribution in [2.75, 3.05) is 0 Å². The van der Waals surface area contributed by atoms with Gasteiger partial charge >= 0.3 is 12.8 Å². The number of aliphatic hydroxyl groups is 1. The first-order valence-electron chi connectivity index (χ1n) is 12.0. The number of alkyl halides is 5. The van der Waals surface area contributed by atoms with E-state index in [1.807, 2.05) is 10.6 Å². The molecule has 1 aromatic carbocycles. The molecular formula is C26H27F5N4O2. The monoisotopic (exact) mass is 522 g/mol. The highest BCUT2D eigenvalue weighted by atomic mass is 19.4. The highest BCUT2D eigenvalue weighted by molar-refractivity contribution is 5.95. The molecule has 1 aromatic heterocycles. The average Bonchev–Trinajstić information content (AvgIpc) is 3.57. The summed E-state index contributed by atoms with van der Waals surface area (Å²) in [5.41, 5.74) is 1.98. The summed E-state index contributed by atoms with van der Waals surface area (Å²) >= 11 is 0. The van der Waals surface area contributed by atoms with Crippen molar-refractivity contribution in [3.05, 3.63) is 47.2 Å². The summed E-state index contributed by atoms with van der Waals surface area (Å²) in [6.45, 7) is -1.52. The first kappa shape index (κ1) is 26.8. The van der Waals surface area contributed by atoms with Gasteiger partial charge in [-0.05, 0) is 57.1 Å². The number of rotatable bonds is 8. The summed E-state index contributed by atoms with van der Waals surface area (Å²) in [5, 5.41) is 23.2. The lowest BCUT2D eigenvalue weighted by Crippen LogP contribution is -2.46. The molecule has 1 saturated carbocycles. The molecule has 2 atom stereocenters. The van der Waals surface area contributed by atoms with Gasteiger partial charge in [-0.2, -0.15) is 27.2 Å². The van der Waals surface area contributed by atoms with Gasteiger partial charge in [0.15, 0.2) is 0 Å². The zero-order valence-electron chi connectivity index (χ0n) is 20.1. The fourth-order valence-electron chi connectivity index (χ4n) is 4.28. The maximum Gasteiger partial charge on any atom is 0.403 e. The number of hydrogen-bond donors (Lipinski definition) is 2. The van der Waals surface area contributed by atoms with Crippen molar-refractivity contribution < 1.29 is 31.8 Å². The van der Waals surface area contributed by atoms with Gasteiger partial charge in [-0.15, -0.1) is 0 Å². The maximum absolute atomic E-state index is 13.0. The Labute approximate surface area is 210 Å². The molecule has 0 bridgehead atoms. The number of fused-ring (bicyclic) bond motifs is 1. The molecule has 1 fully saturated rings. The third-order valence-corrected chi connectivity index (χ3v) is 6.45. The molecule has 2 unspecified atom stereocenters. The number of nitriles is 1. The van der Waals surface area contributed by atoms with Gasteiger partial charge in [0.05, 0.1) is 22.5 Å². The third kappa shape index (κ3) is 6.37. The number of aliphatic hydroxyl groups excluding tert-OH is 1. The van der Waals surface area contributed by atoms with Crippen LogP contribution in [0.5, 0.6) is 5.75 Å². The predicted molar refractivity (Wildman–Crippen MR) is 129 cm³/mol. The van der Waals surface area contributed by atoms with Gasteiger partial charge in [0.2, 0.25) is 0 Å². The highest BCUT2D eigenvalue weighted by Gasteiger charge is 2.37. The second-order valence-corrected chi connectivity index (χ2v) is 9.26. The van der Waals surface area contributed by atoms with Crippen molar-refractivity contribution >= 4 is 22.8 Å². The van der Waals surface area contributed by atoms with Crippen molar-refractivity contribution in [3.63, 3.8) is 0 Å². The molecule has 37 heavy (non-hydrogen) atoms. The first-order chi connectivity index (χ1) is 17.6. The summed E-state index contributed by atoms with van der Waals surface area (Å²) in [5.74, 6) is 0.338. The summed E-state index contributed by atoms with van der Waals surface area (Å²) in [6, 6.07) is 4.70. The van der Waals surface area contributed by atoms with Gasteiger partial charge in [0, 0.05) is 29.8 Å². The molecule has 0 saturated heterocycles. The Bertz CT molecular complexity index is 1270. The predicted octanol–water partition coefficient (Wildman–Crippen LogP) is 5.91. The average molecular weight is 523 g/mol. The quantitative estimate of drug-likeness (QED) is 0.334. The first-order valence-corrected chi connectivity index (χ1v) is 12.0. The highest BCUT2D eigenvalue weighted by Crippen LogP contribution is 2.39. The fraction of sp³-hybridized carbons (Fsp3) is 0.462. The van der Waals surface area contributed by atoms with E-state index in [0.29, 0.717) is 59.6 Å². The van der Waals surface area contributed by atoms with Crippen LogP contribution < -0.4 is 10.1 Å². The van der Waals surface area contributed by atoms with Crippen LogP contribution in [-0.2, 0) is 6.54 Å². The normalized spacial score (nSPS) is 22.1. The minimum absolute atomic E-state index is 0.0294. The Hall–Kier alpha value is -3.23. The van der Waals surface area contributed by atoms with Crippen LogP contribution in [0, 0.1) is 17.2 Å². The Morgan fingerprint density at radius 3 is 2.62 bits per heavy atom. The molecule has 2 aromatic rings. The SMILES string of the molecule is CC(NC(O)C1=C/CCC/C=C(c2c(C#N)c3ccc(OC(F)F)cc3n2CC2CC2)/N=C\1)C(F)(F)F. The van der Waals surface area contributed by atoms with E-state index in [-0.39, 0.29) is 11.3 Å². The number of halogens is 5. The smallest absolute Gasteiger partial charge is 0.403 e. The number of allylic oxidation sites excluding steroid dienone is 2. The Kier molecular flexibility index (Phi) is 7.99. The standard InChI is InChI=1S/C26H27F5N4O2/c1-15(26(29,30)31)34-24(36)17-5-3-2-4-6-21(33-13-17)23-20(12-32)19-10-9-18(37-25(27)28)11-22(19)35(23)14-16-7-8-16/h5-6,9-11,13,15-16,24-25,34,36H,2-4,7-8,14H2,1H3/b17-5+,21-6+,33-13-. The van der Waals surface area contributed by atoms with Gasteiger partial charge in [-0.1, -0.05) is 12.2 Å². The van der Waals surface area contributed by atoms with Crippen molar-refractivity contribution in [2.24, 2.45) is 10.9 Å². The fourth-order valence-corrected chi connectivity index (χ4v) is 4.28. The Morgan fingerprint density at radius 2 is 1.97 bits per heavy atom. The minimum atomic E-state index is -4.53. The minimum Gasteiger partial charge on any atom is -0.435 e. The largest absolute Gasteiger partial charge is 0.435 e. The van der Waals surface area contributed by atoms with Crippen LogP contribution in [0.4, 0.5) is 22.0 Å². The maximum atomic E-state index is 13.0. The number of aliphatic imine (C=N–C) groups is 1. The van der Waals surface area contributed by atoms with E-state index >= 15 is 0 Å². The zero-order chi connectivity index (χ0) is 26.7. The molecule has 2 heterocycles. The van der Waals surface area contributed by atoms with Crippen LogP contribution in [0.25, 0.3) is 16.6 Å². The molecule has 1 aliphatic carbocycles. The molecule has 2 aliphatic rings. The van der Waals surface area contributed by atoms with Crippen LogP contribution in [0.15, 0.2) is 40.9 Å². The topological polar surface area (TPSA) is 82.6 Å². The van der Waals surface area contributed by atoms with Crippen LogP contribution in [0.2, 0.25) is 0 Å². The number of benzene rings is 1. The number of nitrogens with zero attached hydrogens (tertiary/aromatic N) is 3. The Morgan fingerprint density at radius 1 is 1.24 bits per heavy atom. The summed E-state index contributed by atoms with van der Waals surface area (Å²) < 4.78 is 71.1. The van der Waals surface area contributed by atoms with E-state index in [9.17, 15) is 32.3 Å². The van der Waals surface area contributed by atoms with E-state index in [1.54, 1.807) is 12.1 Å². The van der Waals surface area contributed by atoms with Crippen LogP contribution in [0.1, 0.15) is 50.3 Å². The number of hydrogen-bond acceptors (Lipinski definition) is 5. The molecule has 1 aliphatic heterocycles. The van der Waals surface area contributed by atoms with Crippen molar-refractivity contribution in [1.82, 2.24) is 9.88 Å². The number of nitrogens with one attached hydrogen (secondary N) is 1. The molecule has 6 nitrogen and oxygen atoms in total. The van der Waals surface area contributed by atoms with Gasteiger partial charge in [-0.25, -0.2) is 0 Å². The van der Waals surface area contributed by atoms with E-state index in [0.717, 1.165) is 19.8 Å². The zero-order valence-corrected chi connectivity index (χ0v) is 20.1. The van der Waals surface area contributed by atoms with E-state index in [4.69, 9.17) is 0 Å². The lowest BCUT2D eigenvalue weighted by atomic mass is 10.1.